The minimum absolute atomic E-state index is 0.249. The summed E-state index contributed by atoms with van der Waals surface area (Å²) in [4.78, 5) is 25.3. The molecule has 7 heteroatoms. The van der Waals surface area contributed by atoms with Gasteiger partial charge >= 0.3 is 0 Å². The highest BCUT2D eigenvalue weighted by molar-refractivity contribution is 8.04. The highest BCUT2D eigenvalue weighted by atomic mass is 32.2. The third-order valence-corrected chi connectivity index (χ3v) is 5.29. The number of rotatable bonds is 6. The van der Waals surface area contributed by atoms with Crippen molar-refractivity contribution in [1.82, 2.24) is 5.32 Å². The number of furan rings is 1. The summed E-state index contributed by atoms with van der Waals surface area (Å²) in [6.07, 6.45) is 3.00. The van der Waals surface area contributed by atoms with Crippen molar-refractivity contribution in [2.24, 2.45) is 0 Å². The van der Waals surface area contributed by atoms with Crippen LogP contribution in [0.1, 0.15) is 5.76 Å². The molecule has 1 aliphatic heterocycles. The van der Waals surface area contributed by atoms with Crippen molar-refractivity contribution in [3.63, 3.8) is 0 Å². The highest BCUT2D eigenvalue weighted by Gasteiger charge is 2.21. The second kappa shape index (κ2) is 8.12. The van der Waals surface area contributed by atoms with Crippen LogP contribution in [0, 0.1) is 0 Å². The Morgan fingerprint density at radius 2 is 2.17 bits per heavy atom. The Bertz CT molecular complexity index is 757. The van der Waals surface area contributed by atoms with Gasteiger partial charge in [-0.3, -0.25) is 9.59 Å². The van der Waals surface area contributed by atoms with Crippen molar-refractivity contribution in [2.45, 2.75) is 10.6 Å². The molecule has 2 heterocycles. The maximum Gasteiger partial charge on any atom is 0.262 e. The molecule has 1 aromatic heterocycles. The molecule has 24 heavy (non-hydrogen) atoms. The van der Waals surface area contributed by atoms with Gasteiger partial charge in [-0.15, -0.1) is 0 Å². The first kappa shape index (κ1) is 16.7. The van der Waals surface area contributed by atoms with Gasteiger partial charge in [-0.25, -0.2) is 0 Å². The van der Waals surface area contributed by atoms with Crippen LogP contribution >= 0.6 is 23.5 Å². The van der Waals surface area contributed by atoms with Gasteiger partial charge in [-0.2, -0.15) is 11.8 Å². The Balaban J connectivity index is 1.45. The zero-order chi connectivity index (χ0) is 16.8. The molecule has 0 atom stereocenters. The number of amides is 2. The molecule has 0 fully saturated rings. The number of hydrogen-bond acceptors (Lipinski definition) is 5. The van der Waals surface area contributed by atoms with E-state index in [-0.39, 0.29) is 11.8 Å². The topological polar surface area (TPSA) is 71.3 Å². The van der Waals surface area contributed by atoms with E-state index < -0.39 is 0 Å². The van der Waals surface area contributed by atoms with E-state index in [1.807, 2.05) is 36.4 Å². The van der Waals surface area contributed by atoms with Crippen molar-refractivity contribution in [1.29, 1.82) is 0 Å². The maximum absolute atomic E-state index is 12.0. The van der Waals surface area contributed by atoms with Gasteiger partial charge < -0.3 is 15.1 Å². The average molecular weight is 360 g/mol. The molecule has 5 nitrogen and oxygen atoms in total. The summed E-state index contributed by atoms with van der Waals surface area (Å²) in [5, 5.41) is 5.58. The molecule has 0 aliphatic carbocycles. The highest BCUT2D eigenvalue weighted by Crippen LogP contribution is 2.37. The van der Waals surface area contributed by atoms with E-state index in [1.165, 1.54) is 17.8 Å². The summed E-state index contributed by atoms with van der Waals surface area (Å²) < 4.78 is 5.24. The summed E-state index contributed by atoms with van der Waals surface area (Å²) in [6, 6.07) is 11.3. The number of thioether (sulfide) groups is 2. The summed E-state index contributed by atoms with van der Waals surface area (Å²) in [7, 11) is 0. The van der Waals surface area contributed by atoms with Crippen LogP contribution in [0.25, 0.3) is 0 Å². The third-order valence-electron chi connectivity index (χ3n) is 3.21. The normalized spacial score (nSPS) is 15.0. The van der Waals surface area contributed by atoms with Crippen LogP contribution in [0.15, 0.2) is 63.0 Å². The van der Waals surface area contributed by atoms with Gasteiger partial charge in [0.2, 0.25) is 5.91 Å². The van der Waals surface area contributed by atoms with Crippen molar-refractivity contribution < 1.29 is 14.0 Å². The van der Waals surface area contributed by atoms with Gasteiger partial charge in [0.05, 0.1) is 22.6 Å². The lowest BCUT2D eigenvalue weighted by Gasteiger charge is -2.17. The van der Waals surface area contributed by atoms with E-state index in [4.69, 9.17) is 4.42 Å². The van der Waals surface area contributed by atoms with Gasteiger partial charge in [-0.05, 0) is 24.3 Å². The third kappa shape index (κ3) is 4.46. The van der Waals surface area contributed by atoms with Crippen LogP contribution in [0.3, 0.4) is 0 Å². The Kier molecular flexibility index (Phi) is 5.66. The fraction of sp³-hybridized carbons (Fsp3) is 0.176. The summed E-state index contributed by atoms with van der Waals surface area (Å²) in [5.74, 6) is 1.96. The van der Waals surface area contributed by atoms with Gasteiger partial charge in [0.15, 0.2) is 0 Å². The van der Waals surface area contributed by atoms with Gasteiger partial charge in [-0.1, -0.05) is 23.9 Å². The predicted octanol–water partition coefficient (Wildman–Crippen LogP) is 3.26. The Labute approximate surface area is 148 Å². The SMILES string of the molecule is O=C(/C=C1\Sc2ccccc2NC1=O)NCCSCc1ccco1. The van der Waals surface area contributed by atoms with Crippen molar-refractivity contribution in [2.75, 3.05) is 17.6 Å². The standard InChI is InChI=1S/C17H16N2O3S2/c20-16(18-7-9-23-11-12-4-3-8-22-12)10-15-17(21)19-13-5-1-2-6-14(13)24-15/h1-6,8,10H,7,9,11H2,(H,18,20)(H,19,21)/b15-10-. The van der Waals surface area contributed by atoms with Gasteiger partial charge in [0, 0.05) is 23.3 Å². The number of fused-ring (bicyclic) bond motifs is 1. The molecule has 1 aromatic carbocycles. The van der Waals surface area contributed by atoms with Crippen LogP contribution in [0.5, 0.6) is 0 Å². The average Bonchev–Trinajstić information content (AvgIpc) is 3.08. The van der Waals surface area contributed by atoms with Crippen LogP contribution < -0.4 is 10.6 Å². The van der Waals surface area contributed by atoms with Crippen LogP contribution in [-0.2, 0) is 15.3 Å². The number of hydrogen-bond donors (Lipinski definition) is 2. The summed E-state index contributed by atoms with van der Waals surface area (Å²) in [6.45, 7) is 0.539. The molecule has 0 radical (unpaired) electrons. The number of carbonyl (C=O) groups is 2. The fourth-order valence-electron chi connectivity index (χ4n) is 2.09. The van der Waals surface area contributed by atoms with Crippen LogP contribution in [0.2, 0.25) is 0 Å². The smallest absolute Gasteiger partial charge is 0.262 e. The number of benzene rings is 1. The van der Waals surface area contributed by atoms with Crippen LogP contribution in [-0.4, -0.2) is 24.1 Å². The predicted molar refractivity (Wildman–Crippen MR) is 96.9 cm³/mol. The minimum Gasteiger partial charge on any atom is -0.468 e. The number of anilines is 1. The quantitative estimate of drug-likeness (QED) is 0.611. The molecule has 0 spiro atoms. The monoisotopic (exact) mass is 360 g/mol. The lowest BCUT2D eigenvalue weighted by Crippen LogP contribution is -2.26. The number of nitrogens with one attached hydrogen (secondary N) is 2. The molecule has 0 unspecified atom stereocenters. The minimum atomic E-state index is -0.259. The molecular formula is C17H16N2O3S2. The first-order valence-electron chi connectivity index (χ1n) is 7.40. The second-order valence-electron chi connectivity index (χ2n) is 4.98. The summed E-state index contributed by atoms with van der Waals surface area (Å²) >= 11 is 2.98. The van der Waals surface area contributed by atoms with Crippen molar-refractivity contribution >= 4 is 41.0 Å². The molecule has 0 bridgehead atoms. The molecule has 0 saturated heterocycles. The second-order valence-corrected chi connectivity index (χ2v) is 7.17. The Morgan fingerprint density at radius 1 is 1.29 bits per heavy atom. The molecule has 124 valence electrons. The lowest BCUT2D eigenvalue weighted by atomic mass is 10.3. The fourth-order valence-corrected chi connectivity index (χ4v) is 3.77. The van der Waals surface area contributed by atoms with E-state index >= 15 is 0 Å². The molecule has 2 N–H and O–H groups in total. The van der Waals surface area contributed by atoms with E-state index in [0.29, 0.717) is 11.4 Å². The van der Waals surface area contributed by atoms with E-state index in [0.717, 1.165) is 27.8 Å². The number of carbonyl (C=O) groups excluding carboxylic acids is 2. The van der Waals surface area contributed by atoms with E-state index in [1.54, 1.807) is 18.0 Å². The van der Waals surface area contributed by atoms with E-state index in [9.17, 15) is 9.59 Å². The zero-order valence-corrected chi connectivity index (χ0v) is 14.4. The molecule has 2 amide bonds. The number of para-hydroxylation sites is 1. The zero-order valence-electron chi connectivity index (χ0n) is 12.8. The van der Waals surface area contributed by atoms with E-state index in [2.05, 4.69) is 10.6 Å². The lowest BCUT2D eigenvalue weighted by molar-refractivity contribution is -0.117. The molecular weight excluding hydrogens is 344 g/mol. The van der Waals surface area contributed by atoms with Gasteiger partial charge in [0.25, 0.3) is 5.91 Å². The molecule has 1 aliphatic rings. The first-order valence-corrected chi connectivity index (χ1v) is 9.37. The Hall–Kier alpha value is -2.12. The van der Waals surface area contributed by atoms with Crippen molar-refractivity contribution in [3.8, 4) is 0 Å². The summed E-state index contributed by atoms with van der Waals surface area (Å²) in [5.41, 5.74) is 0.777. The first-order chi connectivity index (χ1) is 11.7. The molecule has 2 aromatic rings. The van der Waals surface area contributed by atoms with Gasteiger partial charge in [0.1, 0.15) is 5.76 Å². The molecule has 0 saturated carbocycles. The van der Waals surface area contributed by atoms with Crippen LogP contribution in [0.4, 0.5) is 5.69 Å². The maximum atomic E-state index is 12.0. The largest absolute Gasteiger partial charge is 0.468 e. The molecule has 3 rings (SSSR count). The van der Waals surface area contributed by atoms with Crippen molar-refractivity contribution in [3.05, 3.63) is 59.4 Å². The Morgan fingerprint density at radius 3 is 3.00 bits per heavy atom.